The molecular weight excluding hydrogens is 256 g/mol. The van der Waals surface area contributed by atoms with Gasteiger partial charge < -0.3 is 5.41 Å². The molecule has 0 amide bonds. The third-order valence-corrected chi connectivity index (χ3v) is 4.08. The van der Waals surface area contributed by atoms with Crippen molar-refractivity contribution in [2.45, 2.75) is 16.2 Å². The zero-order chi connectivity index (χ0) is 13.0. The highest BCUT2D eigenvalue weighted by atomic mass is 32.2. The summed E-state index contributed by atoms with van der Waals surface area (Å²) in [6, 6.07) is 6.80. The largest absolute Gasteiger partial charge is 0.304 e. The quantitative estimate of drug-likeness (QED) is 0.839. The van der Waals surface area contributed by atoms with E-state index in [9.17, 15) is 8.42 Å². The van der Waals surface area contributed by atoms with Gasteiger partial charge in [-0.15, -0.1) is 0 Å². The number of hydrogen-bond donors (Lipinski definition) is 1. The van der Waals surface area contributed by atoms with Gasteiger partial charge in [-0.1, -0.05) is 6.07 Å². The van der Waals surface area contributed by atoms with Gasteiger partial charge >= 0.3 is 0 Å². The summed E-state index contributed by atoms with van der Waals surface area (Å²) in [6.07, 6.45) is 2.92. The molecule has 1 aromatic rings. The van der Waals surface area contributed by atoms with Gasteiger partial charge in [0.05, 0.1) is 39.8 Å². The number of rotatable bonds is 4. The molecule has 1 N–H and O–H groups in total. The molecule has 2 atom stereocenters. The molecule has 0 bridgehead atoms. The van der Waals surface area contributed by atoms with Gasteiger partial charge in [-0.3, -0.25) is 8.42 Å². The first-order valence-electron chi connectivity index (χ1n) is 4.73. The summed E-state index contributed by atoms with van der Waals surface area (Å²) in [6.45, 7) is 0. The van der Waals surface area contributed by atoms with E-state index in [0.29, 0.717) is 15.4 Å². The molecule has 0 heterocycles. The summed E-state index contributed by atoms with van der Waals surface area (Å²) >= 11 is 0. The van der Waals surface area contributed by atoms with Gasteiger partial charge in [-0.05, 0) is 12.1 Å². The highest BCUT2D eigenvalue weighted by Gasteiger charge is 2.17. The Kier molecular flexibility index (Phi) is 4.73. The zero-order valence-electron chi connectivity index (χ0n) is 9.52. The Labute approximate surface area is 105 Å². The van der Waals surface area contributed by atoms with Crippen molar-refractivity contribution in [2.24, 2.45) is 0 Å². The van der Waals surface area contributed by atoms with Crippen LogP contribution < -0.4 is 0 Å². The Hall–Kier alpha value is -1.32. The van der Waals surface area contributed by atoms with Gasteiger partial charge in [0.15, 0.2) is 0 Å². The molecule has 0 aliphatic rings. The lowest BCUT2D eigenvalue weighted by Gasteiger charge is -2.11. The van der Waals surface area contributed by atoms with Crippen LogP contribution >= 0.6 is 0 Å². The van der Waals surface area contributed by atoms with Gasteiger partial charge in [0, 0.05) is 27.9 Å². The molecule has 1 aromatic carbocycles. The Bertz CT molecular complexity index is 515. The molecule has 4 nitrogen and oxygen atoms in total. The van der Waals surface area contributed by atoms with E-state index in [1.165, 1.54) is 12.5 Å². The predicted molar refractivity (Wildman–Crippen MR) is 68.2 cm³/mol. The molecule has 6 heteroatoms. The summed E-state index contributed by atoms with van der Waals surface area (Å²) in [7, 11) is -2.55. The Morgan fingerprint density at radius 1 is 1.29 bits per heavy atom. The van der Waals surface area contributed by atoms with Crippen LogP contribution in [0.15, 0.2) is 28.0 Å². The first-order chi connectivity index (χ1) is 7.99. The van der Waals surface area contributed by atoms with E-state index in [0.717, 1.165) is 0 Å². The lowest BCUT2D eigenvalue weighted by Crippen LogP contribution is -2.09. The number of nitriles is 1. The molecule has 0 spiro atoms. The summed E-state index contributed by atoms with van der Waals surface area (Å²) in [5, 5.41) is 16.4. The summed E-state index contributed by atoms with van der Waals surface area (Å²) in [5.74, 6) is 0. The monoisotopic (exact) mass is 268 g/mol. The molecule has 0 fully saturated rings. The van der Waals surface area contributed by atoms with Gasteiger partial charge in [0.25, 0.3) is 0 Å². The van der Waals surface area contributed by atoms with Crippen LogP contribution in [-0.2, 0) is 21.6 Å². The Balaban J connectivity index is 3.50. The Morgan fingerprint density at radius 2 is 1.76 bits per heavy atom. The number of nitrogens with zero attached hydrogens (tertiary/aromatic N) is 1. The minimum Gasteiger partial charge on any atom is -0.304 e. The van der Waals surface area contributed by atoms with E-state index in [1.54, 1.807) is 18.2 Å². The standard InChI is InChI=1S/C11H12N2O2S2/c1-16(14)9-4-3-5-10(17(2)15)11(9)8(13)6-7-12/h3-5,13H,6H2,1-2H3. The number of nitrogens with one attached hydrogen (secondary N) is 1. The van der Waals surface area contributed by atoms with Crippen LogP contribution in [0.5, 0.6) is 0 Å². The zero-order valence-corrected chi connectivity index (χ0v) is 11.2. The van der Waals surface area contributed by atoms with Gasteiger partial charge in [0.2, 0.25) is 0 Å². The van der Waals surface area contributed by atoms with E-state index in [1.807, 2.05) is 6.07 Å². The van der Waals surface area contributed by atoms with E-state index < -0.39 is 21.6 Å². The third kappa shape index (κ3) is 3.08. The van der Waals surface area contributed by atoms with Crippen molar-refractivity contribution < 1.29 is 8.42 Å². The molecule has 0 saturated carbocycles. The van der Waals surface area contributed by atoms with Crippen LogP contribution in [0.25, 0.3) is 0 Å². The molecule has 0 aliphatic carbocycles. The molecular formula is C11H12N2O2S2. The smallest absolute Gasteiger partial charge is 0.0774 e. The topological polar surface area (TPSA) is 81.8 Å². The summed E-state index contributed by atoms with van der Waals surface area (Å²) in [5.41, 5.74) is 0.444. The summed E-state index contributed by atoms with van der Waals surface area (Å²) in [4.78, 5) is 0.913. The van der Waals surface area contributed by atoms with Crippen molar-refractivity contribution in [2.75, 3.05) is 12.5 Å². The minimum absolute atomic E-state index is 0.0588. The van der Waals surface area contributed by atoms with Crippen LogP contribution in [0.2, 0.25) is 0 Å². The van der Waals surface area contributed by atoms with Crippen LogP contribution in [0, 0.1) is 16.7 Å². The van der Waals surface area contributed by atoms with E-state index in [2.05, 4.69) is 0 Å². The lowest BCUT2D eigenvalue weighted by atomic mass is 10.1. The second-order valence-electron chi connectivity index (χ2n) is 3.35. The Morgan fingerprint density at radius 3 is 2.12 bits per heavy atom. The van der Waals surface area contributed by atoms with Crippen LogP contribution in [-0.4, -0.2) is 26.6 Å². The van der Waals surface area contributed by atoms with Crippen molar-refractivity contribution in [3.8, 4) is 6.07 Å². The first-order valence-corrected chi connectivity index (χ1v) is 7.85. The molecule has 1 rings (SSSR count). The van der Waals surface area contributed by atoms with E-state index in [-0.39, 0.29) is 12.1 Å². The van der Waals surface area contributed by atoms with Crippen molar-refractivity contribution in [1.29, 1.82) is 10.7 Å². The second-order valence-corrected chi connectivity index (χ2v) is 6.05. The fraction of sp³-hybridized carbons (Fsp3) is 0.273. The SMILES string of the molecule is CS(=O)c1cccc(S(C)=O)c1C(=N)CC#N. The second kappa shape index (κ2) is 5.84. The highest BCUT2D eigenvalue weighted by molar-refractivity contribution is 7.85. The van der Waals surface area contributed by atoms with E-state index in [4.69, 9.17) is 10.7 Å². The molecule has 90 valence electrons. The maximum atomic E-state index is 11.6. The van der Waals surface area contributed by atoms with Gasteiger partial charge in [-0.2, -0.15) is 5.26 Å². The van der Waals surface area contributed by atoms with Crippen LogP contribution in [0.1, 0.15) is 12.0 Å². The molecule has 0 aliphatic heterocycles. The number of hydrogen-bond acceptors (Lipinski definition) is 4. The highest BCUT2D eigenvalue weighted by Crippen LogP contribution is 2.22. The average Bonchev–Trinajstić information content (AvgIpc) is 2.28. The van der Waals surface area contributed by atoms with Crippen molar-refractivity contribution in [3.05, 3.63) is 23.8 Å². The average molecular weight is 268 g/mol. The van der Waals surface area contributed by atoms with Gasteiger partial charge in [0.1, 0.15) is 0 Å². The minimum atomic E-state index is -1.28. The fourth-order valence-corrected chi connectivity index (χ4v) is 3.10. The van der Waals surface area contributed by atoms with Crippen LogP contribution in [0.3, 0.4) is 0 Å². The summed E-state index contributed by atoms with van der Waals surface area (Å²) < 4.78 is 23.2. The third-order valence-electron chi connectivity index (χ3n) is 2.16. The normalized spacial score (nSPS) is 13.7. The maximum Gasteiger partial charge on any atom is 0.0774 e. The van der Waals surface area contributed by atoms with Crippen molar-refractivity contribution in [3.63, 3.8) is 0 Å². The molecule has 0 saturated heterocycles. The number of benzene rings is 1. The molecule has 2 unspecified atom stereocenters. The lowest BCUT2D eigenvalue weighted by molar-refractivity contribution is 0.685. The first kappa shape index (κ1) is 13.7. The molecule has 0 aromatic heterocycles. The van der Waals surface area contributed by atoms with Gasteiger partial charge in [-0.25, -0.2) is 0 Å². The van der Waals surface area contributed by atoms with Crippen molar-refractivity contribution >= 4 is 27.3 Å². The predicted octanol–water partition coefficient (Wildman–Crippen LogP) is 1.44. The van der Waals surface area contributed by atoms with E-state index >= 15 is 0 Å². The molecule has 17 heavy (non-hydrogen) atoms. The van der Waals surface area contributed by atoms with Crippen molar-refractivity contribution in [1.82, 2.24) is 0 Å². The molecule has 0 radical (unpaired) electrons. The fourth-order valence-electron chi connectivity index (χ4n) is 1.45. The van der Waals surface area contributed by atoms with Crippen LogP contribution in [0.4, 0.5) is 0 Å². The maximum absolute atomic E-state index is 11.6.